The van der Waals surface area contributed by atoms with Crippen molar-refractivity contribution in [1.29, 1.82) is 0 Å². The van der Waals surface area contributed by atoms with Gasteiger partial charge in [-0.25, -0.2) is 0 Å². The van der Waals surface area contributed by atoms with Crippen molar-refractivity contribution in [3.05, 3.63) is 41.0 Å². The first-order valence-corrected chi connectivity index (χ1v) is 9.71. The van der Waals surface area contributed by atoms with Crippen molar-refractivity contribution < 1.29 is 39.0 Å². The van der Waals surface area contributed by atoms with Crippen molar-refractivity contribution in [2.45, 2.75) is 18.8 Å². The van der Waals surface area contributed by atoms with Crippen molar-refractivity contribution in [3.8, 4) is 28.7 Å². The molecule has 8 heteroatoms. The number of benzene rings is 2. The molecule has 2 fully saturated rings. The summed E-state index contributed by atoms with van der Waals surface area (Å²) in [6.45, 7) is 0.676. The van der Waals surface area contributed by atoms with Gasteiger partial charge in [-0.15, -0.1) is 0 Å². The standard InChI is InChI=1S/C22H26O8/c1-26-16-5-11(4-13(8-23)19(16)24)21-14-9-30-22(15(14)10-29-21)12-6-17(27-2)20(25)18(7-12)28-3/h4-7,14-15,21-25H,8-10H2,1-3H3/t14-,15+,21+,22-/m1/s1. The highest BCUT2D eigenvalue weighted by atomic mass is 16.5. The van der Waals surface area contributed by atoms with Crippen LogP contribution >= 0.6 is 0 Å². The predicted molar refractivity (Wildman–Crippen MR) is 106 cm³/mol. The third-order valence-electron chi connectivity index (χ3n) is 5.99. The zero-order chi connectivity index (χ0) is 21.4. The lowest BCUT2D eigenvalue weighted by Crippen LogP contribution is -2.15. The maximum Gasteiger partial charge on any atom is 0.200 e. The summed E-state index contributed by atoms with van der Waals surface area (Å²) in [6.07, 6.45) is -0.486. The van der Waals surface area contributed by atoms with Gasteiger partial charge in [0, 0.05) is 17.4 Å². The Morgan fingerprint density at radius 3 is 1.63 bits per heavy atom. The summed E-state index contributed by atoms with van der Waals surface area (Å²) in [5.74, 6) is 0.999. The van der Waals surface area contributed by atoms with E-state index in [0.717, 1.165) is 11.1 Å². The van der Waals surface area contributed by atoms with Crippen LogP contribution in [0.25, 0.3) is 0 Å². The Bertz CT molecular complexity index is 802. The molecule has 2 aromatic rings. The highest BCUT2D eigenvalue weighted by Crippen LogP contribution is 2.52. The minimum atomic E-state index is -0.303. The van der Waals surface area contributed by atoms with E-state index in [0.29, 0.717) is 36.0 Å². The van der Waals surface area contributed by atoms with Crippen LogP contribution in [-0.2, 0) is 16.1 Å². The zero-order valence-corrected chi connectivity index (χ0v) is 17.1. The van der Waals surface area contributed by atoms with Crippen LogP contribution in [0.3, 0.4) is 0 Å². The summed E-state index contributed by atoms with van der Waals surface area (Å²) in [7, 11) is 4.45. The molecule has 162 valence electrons. The molecule has 0 unspecified atom stereocenters. The number of aliphatic hydroxyl groups excluding tert-OH is 1. The molecular weight excluding hydrogens is 392 g/mol. The van der Waals surface area contributed by atoms with Gasteiger partial charge in [-0.2, -0.15) is 0 Å². The first-order chi connectivity index (χ1) is 14.5. The summed E-state index contributed by atoms with van der Waals surface area (Å²) < 4.78 is 28.1. The Morgan fingerprint density at radius 1 is 0.767 bits per heavy atom. The second kappa shape index (κ2) is 8.22. The maximum absolute atomic E-state index is 10.2. The zero-order valence-electron chi connectivity index (χ0n) is 17.1. The summed E-state index contributed by atoms with van der Waals surface area (Å²) in [6, 6.07) is 6.99. The number of hydrogen-bond donors (Lipinski definition) is 3. The number of phenols is 2. The smallest absolute Gasteiger partial charge is 0.200 e. The van der Waals surface area contributed by atoms with Gasteiger partial charge in [-0.3, -0.25) is 0 Å². The first kappa shape index (κ1) is 20.6. The number of hydrogen-bond acceptors (Lipinski definition) is 8. The van der Waals surface area contributed by atoms with Gasteiger partial charge in [0.1, 0.15) is 0 Å². The molecular formula is C22H26O8. The van der Waals surface area contributed by atoms with Gasteiger partial charge in [0.25, 0.3) is 0 Å². The Balaban J connectivity index is 1.63. The van der Waals surface area contributed by atoms with E-state index in [1.165, 1.54) is 21.3 Å². The molecule has 3 N–H and O–H groups in total. The molecule has 0 amide bonds. The summed E-state index contributed by atoms with van der Waals surface area (Å²) >= 11 is 0. The number of methoxy groups -OCH3 is 3. The summed E-state index contributed by atoms with van der Waals surface area (Å²) in [5.41, 5.74) is 2.06. The fraction of sp³-hybridized carbons (Fsp3) is 0.455. The van der Waals surface area contributed by atoms with Crippen LogP contribution in [0.5, 0.6) is 28.7 Å². The molecule has 0 spiro atoms. The van der Waals surface area contributed by atoms with E-state index in [4.69, 9.17) is 23.7 Å². The van der Waals surface area contributed by atoms with E-state index in [1.807, 2.05) is 0 Å². The fourth-order valence-electron chi connectivity index (χ4n) is 4.44. The van der Waals surface area contributed by atoms with Gasteiger partial charge in [-0.05, 0) is 35.4 Å². The lowest BCUT2D eigenvalue weighted by molar-refractivity contribution is 0.0190. The lowest BCUT2D eigenvalue weighted by Gasteiger charge is -2.19. The van der Waals surface area contributed by atoms with Crippen LogP contribution in [0.15, 0.2) is 24.3 Å². The topological polar surface area (TPSA) is 107 Å². The molecule has 2 saturated heterocycles. The van der Waals surface area contributed by atoms with Crippen LogP contribution in [0.1, 0.15) is 28.9 Å². The number of aliphatic hydroxyl groups is 1. The van der Waals surface area contributed by atoms with Crippen molar-refractivity contribution in [2.24, 2.45) is 11.8 Å². The molecule has 0 aromatic heterocycles. The second-order valence-corrected chi connectivity index (χ2v) is 7.50. The van der Waals surface area contributed by atoms with Crippen molar-refractivity contribution in [3.63, 3.8) is 0 Å². The van der Waals surface area contributed by atoms with Crippen LogP contribution in [-0.4, -0.2) is 49.9 Å². The van der Waals surface area contributed by atoms with E-state index in [9.17, 15) is 15.3 Å². The summed E-state index contributed by atoms with van der Waals surface area (Å²) in [4.78, 5) is 0. The van der Waals surface area contributed by atoms with E-state index < -0.39 is 0 Å². The Morgan fingerprint density at radius 2 is 1.20 bits per heavy atom. The van der Waals surface area contributed by atoms with Gasteiger partial charge in [0.05, 0.1) is 53.4 Å². The number of rotatable bonds is 6. The van der Waals surface area contributed by atoms with E-state index in [1.54, 1.807) is 24.3 Å². The molecule has 0 radical (unpaired) electrons. The fourth-order valence-corrected chi connectivity index (χ4v) is 4.44. The van der Waals surface area contributed by atoms with Crippen LogP contribution in [0.4, 0.5) is 0 Å². The average molecular weight is 418 g/mol. The molecule has 0 aliphatic carbocycles. The molecule has 2 heterocycles. The van der Waals surface area contributed by atoms with E-state index in [2.05, 4.69) is 0 Å². The van der Waals surface area contributed by atoms with Gasteiger partial charge in [0.15, 0.2) is 23.0 Å². The van der Waals surface area contributed by atoms with Gasteiger partial charge in [0.2, 0.25) is 5.75 Å². The highest BCUT2D eigenvalue weighted by Gasteiger charge is 2.48. The summed E-state index contributed by atoms with van der Waals surface area (Å²) in [5, 5.41) is 29.9. The minimum Gasteiger partial charge on any atom is -0.504 e. The van der Waals surface area contributed by atoms with Gasteiger partial charge >= 0.3 is 0 Å². The SMILES string of the molecule is COc1cc([C@@H]2OC[C@H]3[C@H]2CO[C@@H]3c2cc(OC)c(O)c(OC)c2)cc(CO)c1O. The van der Waals surface area contributed by atoms with Crippen molar-refractivity contribution in [2.75, 3.05) is 34.5 Å². The molecule has 8 nitrogen and oxygen atoms in total. The first-order valence-electron chi connectivity index (χ1n) is 9.71. The second-order valence-electron chi connectivity index (χ2n) is 7.50. The van der Waals surface area contributed by atoms with Crippen molar-refractivity contribution >= 4 is 0 Å². The Labute approximate surface area is 174 Å². The van der Waals surface area contributed by atoms with Crippen LogP contribution in [0.2, 0.25) is 0 Å². The number of phenolic OH excluding ortho intramolecular Hbond substituents is 1. The predicted octanol–water partition coefficient (Wildman–Crippen LogP) is 2.69. The third-order valence-corrected chi connectivity index (χ3v) is 5.99. The van der Waals surface area contributed by atoms with Gasteiger partial charge < -0.3 is 39.0 Å². The average Bonchev–Trinajstić information content (AvgIpc) is 3.36. The van der Waals surface area contributed by atoms with Crippen molar-refractivity contribution in [1.82, 2.24) is 0 Å². The normalized spacial score (nSPS) is 25.2. The van der Waals surface area contributed by atoms with E-state index >= 15 is 0 Å². The molecule has 2 aliphatic rings. The molecule has 2 aliphatic heterocycles. The molecule has 30 heavy (non-hydrogen) atoms. The largest absolute Gasteiger partial charge is 0.504 e. The number of aromatic hydroxyl groups is 2. The molecule has 4 rings (SSSR count). The lowest BCUT2D eigenvalue weighted by atomic mass is 9.84. The quantitative estimate of drug-likeness (QED) is 0.657. The number of fused-ring (bicyclic) bond motifs is 1. The van der Waals surface area contributed by atoms with Crippen LogP contribution < -0.4 is 14.2 Å². The third kappa shape index (κ3) is 3.30. The minimum absolute atomic E-state index is 0.0495. The van der Waals surface area contributed by atoms with E-state index in [-0.39, 0.29) is 42.1 Å². The molecule has 0 bridgehead atoms. The number of ether oxygens (including phenoxy) is 5. The molecule has 2 aromatic carbocycles. The Hall–Kier alpha value is -2.68. The monoisotopic (exact) mass is 418 g/mol. The van der Waals surface area contributed by atoms with Gasteiger partial charge in [-0.1, -0.05) is 0 Å². The van der Waals surface area contributed by atoms with Crippen LogP contribution in [0, 0.1) is 11.8 Å². The molecule has 4 atom stereocenters. The molecule has 0 saturated carbocycles. The Kier molecular flexibility index (Phi) is 5.64. The maximum atomic E-state index is 10.2. The highest BCUT2D eigenvalue weighted by molar-refractivity contribution is 5.53.